The van der Waals surface area contributed by atoms with Crippen LogP contribution in [0.3, 0.4) is 0 Å². The lowest BCUT2D eigenvalue weighted by molar-refractivity contribution is 0.156. The van der Waals surface area contributed by atoms with Crippen molar-refractivity contribution in [2.75, 3.05) is 13.2 Å². The van der Waals surface area contributed by atoms with Crippen LogP contribution in [0.4, 0.5) is 4.79 Å². The summed E-state index contributed by atoms with van der Waals surface area (Å²) in [6.07, 6.45) is 5.89. The average molecular weight is 185 g/mol. The van der Waals surface area contributed by atoms with Gasteiger partial charge < -0.3 is 9.47 Å². The van der Waals surface area contributed by atoms with Crippen LogP contribution in [0.25, 0.3) is 0 Å². The zero-order valence-corrected chi connectivity index (χ0v) is 7.95. The molecule has 0 rings (SSSR count). The second-order valence-electron chi connectivity index (χ2n) is 2.01. The van der Waals surface area contributed by atoms with Gasteiger partial charge >= 0.3 is 6.09 Å². The van der Waals surface area contributed by atoms with Crippen LogP contribution in [0, 0.1) is 0 Å². The first-order valence-electron chi connectivity index (χ1n) is 4.17. The molecule has 1 amide bonds. The maximum absolute atomic E-state index is 10.7. The third kappa shape index (κ3) is 8.46. The highest BCUT2D eigenvalue weighted by Gasteiger charge is 1.92. The van der Waals surface area contributed by atoms with Crippen LogP contribution < -0.4 is 5.32 Å². The molecule has 0 aliphatic rings. The van der Waals surface area contributed by atoms with Gasteiger partial charge in [0.05, 0.1) is 19.5 Å². The van der Waals surface area contributed by atoms with Crippen molar-refractivity contribution in [2.24, 2.45) is 0 Å². The Bertz CT molecular complexity index is 187. The summed E-state index contributed by atoms with van der Waals surface area (Å²) in [5.41, 5.74) is 0. The van der Waals surface area contributed by atoms with E-state index >= 15 is 0 Å². The Hall–Kier alpha value is -1.45. The average Bonchev–Trinajstić information content (AvgIpc) is 2.11. The molecule has 4 heteroatoms. The molecule has 0 aromatic carbocycles. The van der Waals surface area contributed by atoms with Crippen molar-refractivity contribution in [2.45, 2.75) is 13.8 Å². The highest BCUT2D eigenvalue weighted by molar-refractivity contribution is 5.68. The molecule has 13 heavy (non-hydrogen) atoms. The van der Waals surface area contributed by atoms with Crippen LogP contribution in [0.5, 0.6) is 0 Å². The first kappa shape index (κ1) is 11.6. The van der Waals surface area contributed by atoms with E-state index in [-0.39, 0.29) is 0 Å². The van der Waals surface area contributed by atoms with Crippen LogP contribution in [-0.2, 0) is 9.47 Å². The number of hydrogen-bond donors (Lipinski definition) is 1. The number of amides is 1. The van der Waals surface area contributed by atoms with Gasteiger partial charge in [0, 0.05) is 6.20 Å². The summed E-state index contributed by atoms with van der Waals surface area (Å²) in [6, 6.07) is 0. The topological polar surface area (TPSA) is 47.6 Å². The summed E-state index contributed by atoms with van der Waals surface area (Å²) in [6.45, 7) is 4.65. The molecule has 1 N–H and O–H groups in total. The van der Waals surface area contributed by atoms with Crippen molar-refractivity contribution in [3.05, 3.63) is 24.6 Å². The monoisotopic (exact) mass is 185 g/mol. The minimum atomic E-state index is -0.455. The Kier molecular flexibility index (Phi) is 7.68. The summed E-state index contributed by atoms with van der Waals surface area (Å²) in [5.74, 6) is 0. The molecule has 0 unspecified atom stereocenters. The van der Waals surface area contributed by atoms with Gasteiger partial charge in [0.1, 0.15) is 0 Å². The largest absolute Gasteiger partial charge is 0.501 e. The third-order valence-electron chi connectivity index (χ3n) is 1.03. The van der Waals surface area contributed by atoms with Crippen molar-refractivity contribution in [3.63, 3.8) is 0 Å². The fourth-order valence-electron chi connectivity index (χ4n) is 0.542. The molecule has 0 bridgehead atoms. The van der Waals surface area contributed by atoms with Crippen LogP contribution >= 0.6 is 0 Å². The number of hydrogen-bond acceptors (Lipinski definition) is 3. The van der Waals surface area contributed by atoms with E-state index < -0.39 is 6.09 Å². The van der Waals surface area contributed by atoms with Gasteiger partial charge in [0.15, 0.2) is 0 Å². The van der Waals surface area contributed by atoms with Gasteiger partial charge in [-0.05, 0) is 26.0 Å². The highest BCUT2D eigenvalue weighted by atomic mass is 16.5. The van der Waals surface area contributed by atoms with Gasteiger partial charge in [0.25, 0.3) is 0 Å². The van der Waals surface area contributed by atoms with Gasteiger partial charge in [-0.3, -0.25) is 5.32 Å². The zero-order valence-electron chi connectivity index (χ0n) is 7.95. The van der Waals surface area contributed by atoms with Gasteiger partial charge in [-0.1, -0.05) is 0 Å². The fourth-order valence-corrected chi connectivity index (χ4v) is 0.542. The van der Waals surface area contributed by atoms with E-state index in [0.717, 1.165) is 0 Å². The van der Waals surface area contributed by atoms with E-state index in [2.05, 4.69) is 10.1 Å². The van der Waals surface area contributed by atoms with E-state index in [4.69, 9.17) is 4.74 Å². The van der Waals surface area contributed by atoms with Crippen LogP contribution in [-0.4, -0.2) is 19.3 Å². The molecule has 74 valence electrons. The number of carbonyl (C=O) groups excluding carboxylic acids is 1. The Morgan fingerprint density at radius 2 is 2.08 bits per heavy atom. The molecular formula is C9H15NO3. The molecule has 0 aliphatic carbocycles. The van der Waals surface area contributed by atoms with E-state index in [9.17, 15) is 4.79 Å². The lowest BCUT2D eigenvalue weighted by Crippen LogP contribution is -2.17. The molecule has 0 atom stereocenters. The lowest BCUT2D eigenvalue weighted by atomic mass is 10.6. The predicted octanol–water partition coefficient (Wildman–Crippen LogP) is 1.80. The number of alkyl carbamates (subject to hydrolysis) is 1. The van der Waals surface area contributed by atoms with Gasteiger partial charge in [-0.2, -0.15) is 0 Å². The van der Waals surface area contributed by atoms with Gasteiger partial charge in [0.2, 0.25) is 0 Å². The van der Waals surface area contributed by atoms with Gasteiger partial charge in [-0.15, -0.1) is 0 Å². The molecule has 0 saturated carbocycles. The normalized spacial score (nSPS) is 10.6. The fraction of sp³-hybridized carbons (Fsp3) is 0.444. The molecule has 0 spiro atoms. The number of allylic oxidation sites excluding steroid dienone is 2. The van der Waals surface area contributed by atoms with E-state index in [1.54, 1.807) is 25.3 Å². The Balaban J connectivity index is 3.45. The van der Waals surface area contributed by atoms with Gasteiger partial charge in [-0.25, -0.2) is 4.79 Å². The molecule has 4 nitrogen and oxygen atoms in total. The molecule has 0 aromatic rings. The molecule has 0 saturated heterocycles. The maximum Gasteiger partial charge on any atom is 0.411 e. The van der Waals surface area contributed by atoms with E-state index in [1.807, 2.05) is 6.92 Å². The van der Waals surface area contributed by atoms with Crippen molar-refractivity contribution in [3.8, 4) is 0 Å². The second kappa shape index (κ2) is 8.64. The summed E-state index contributed by atoms with van der Waals surface area (Å²) in [5, 5.41) is 2.41. The smallest absolute Gasteiger partial charge is 0.411 e. The second-order valence-corrected chi connectivity index (χ2v) is 2.01. The number of nitrogens with one attached hydrogen (secondary N) is 1. The van der Waals surface area contributed by atoms with E-state index in [1.165, 1.54) is 6.20 Å². The molecule has 0 aromatic heterocycles. The summed E-state index contributed by atoms with van der Waals surface area (Å²) in [4.78, 5) is 10.7. The molecule has 0 aliphatic heterocycles. The molecular weight excluding hydrogens is 170 g/mol. The Labute approximate surface area is 78.2 Å². The van der Waals surface area contributed by atoms with Crippen LogP contribution in [0.1, 0.15) is 13.8 Å². The van der Waals surface area contributed by atoms with Crippen molar-refractivity contribution in [1.29, 1.82) is 0 Å². The highest BCUT2D eigenvalue weighted by Crippen LogP contribution is 1.80. The standard InChI is InChI=1S/C9H15NO3/c1-3-12-8-6-5-7-10-9(11)13-4-2/h5-8H,3-4H2,1-2H3,(H,10,11). The summed E-state index contributed by atoms with van der Waals surface area (Å²) < 4.78 is 9.53. The SMILES string of the molecule is CCOC=CC=CNC(=O)OCC. The Morgan fingerprint density at radius 1 is 1.31 bits per heavy atom. The summed E-state index contributed by atoms with van der Waals surface area (Å²) >= 11 is 0. The number of carbonyl (C=O) groups is 1. The van der Waals surface area contributed by atoms with Crippen molar-refractivity contribution >= 4 is 6.09 Å². The quantitative estimate of drug-likeness (QED) is 0.524. The zero-order chi connectivity index (χ0) is 9.94. The first-order valence-corrected chi connectivity index (χ1v) is 4.17. The maximum atomic E-state index is 10.7. The lowest BCUT2D eigenvalue weighted by Gasteiger charge is -1.97. The predicted molar refractivity (Wildman–Crippen MR) is 50.1 cm³/mol. The molecule has 0 heterocycles. The van der Waals surface area contributed by atoms with Crippen molar-refractivity contribution in [1.82, 2.24) is 5.32 Å². The minimum Gasteiger partial charge on any atom is -0.501 e. The number of ether oxygens (including phenoxy) is 2. The third-order valence-corrected chi connectivity index (χ3v) is 1.03. The number of rotatable bonds is 5. The minimum absolute atomic E-state index is 0.370. The van der Waals surface area contributed by atoms with Crippen molar-refractivity contribution < 1.29 is 14.3 Å². The summed E-state index contributed by atoms with van der Waals surface area (Å²) in [7, 11) is 0. The molecule has 0 radical (unpaired) electrons. The first-order chi connectivity index (χ1) is 6.31. The van der Waals surface area contributed by atoms with Crippen LogP contribution in [0.2, 0.25) is 0 Å². The van der Waals surface area contributed by atoms with E-state index in [0.29, 0.717) is 13.2 Å². The molecule has 0 fully saturated rings. The van der Waals surface area contributed by atoms with Crippen LogP contribution in [0.15, 0.2) is 24.6 Å². The Morgan fingerprint density at radius 3 is 2.69 bits per heavy atom.